The van der Waals surface area contributed by atoms with Gasteiger partial charge in [0, 0.05) is 19.6 Å². The van der Waals surface area contributed by atoms with Crippen LogP contribution >= 0.6 is 22.1 Å². The topological polar surface area (TPSA) is 43.4 Å². The van der Waals surface area contributed by atoms with Crippen molar-refractivity contribution in [3.05, 3.63) is 84.9 Å². The normalized spacial score (nSPS) is 13.2. The van der Waals surface area contributed by atoms with Crippen molar-refractivity contribution in [3.8, 4) is 0 Å². The number of hydrogen-bond acceptors (Lipinski definition) is 4. The van der Waals surface area contributed by atoms with Crippen molar-refractivity contribution >= 4 is 32.2 Å². The summed E-state index contributed by atoms with van der Waals surface area (Å²) in [6, 6.07) is 23.0. The van der Waals surface area contributed by atoms with E-state index in [1.165, 1.54) is 11.8 Å². The Balaban J connectivity index is 2.36. The molecule has 0 unspecified atom stereocenters. The van der Waals surface area contributed by atoms with Gasteiger partial charge in [-0.3, -0.25) is 0 Å². The Bertz CT molecular complexity index is 1010. The van der Waals surface area contributed by atoms with Gasteiger partial charge in [-0.2, -0.15) is 25.2 Å². The molecular weight excluding hydrogens is 441 g/mol. The van der Waals surface area contributed by atoms with Gasteiger partial charge in [0.1, 0.15) is 0 Å². The van der Waals surface area contributed by atoms with E-state index in [9.17, 15) is 21.6 Å². The Morgan fingerprint density at radius 3 is 1.52 bits per heavy atom. The molecule has 3 aromatic rings. The molecule has 0 heterocycles. The monoisotopic (exact) mass is 458 g/mol. The van der Waals surface area contributed by atoms with E-state index in [0.717, 1.165) is 4.90 Å². The third kappa shape index (κ3) is 4.32. The Kier molecular flexibility index (Phi) is 6.33. The highest BCUT2D eigenvalue weighted by Crippen LogP contribution is 2.70. The van der Waals surface area contributed by atoms with Gasteiger partial charge < -0.3 is 0 Å². The third-order valence-corrected chi connectivity index (χ3v) is 9.67. The Labute approximate surface area is 173 Å². The van der Waals surface area contributed by atoms with Crippen molar-refractivity contribution in [2.75, 3.05) is 6.26 Å². The SMILES string of the molecule is CSc1ccc(S(OS(=O)(=O)C(F)(F)F)(c2ccccc2)c2ccccc2)cc1. The van der Waals surface area contributed by atoms with E-state index in [1.54, 1.807) is 84.9 Å². The van der Waals surface area contributed by atoms with Crippen molar-refractivity contribution in [2.45, 2.75) is 25.1 Å². The van der Waals surface area contributed by atoms with Gasteiger partial charge in [-0.25, -0.2) is 0 Å². The summed E-state index contributed by atoms with van der Waals surface area (Å²) < 4.78 is 69.5. The largest absolute Gasteiger partial charge is 0.524 e. The van der Waals surface area contributed by atoms with Crippen LogP contribution in [0.15, 0.2) is 105 Å². The molecule has 0 spiro atoms. The van der Waals surface area contributed by atoms with Crippen LogP contribution in [0.4, 0.5) is 13.2 Å². The van der Waals surface area contributed by atoms with Crippen LogP contribution in [0.2, 0.25) is 0 Å². The van der Waals surface area contributed by atoms with Gasteiger partial charge in [0.15, 0.2) is 0 Å². The van der Waals surface area contributed by atoms with Crippen LogP contribution in [-0.2, 0) is 13.7 Å². The fourth-order valence-corrected chi connectivity index (χ4v) is 7.84. The van der Waals surface area contributed by atoms with Crippen LogP contribution in [0, 0.1) is 0 Å². The molecule has 0 bridgehead atoms. The van der Waals surface area contributed by atoms with E-state index in [2.05, 4.69) is 0 Å². The maximum absolute atomic E-state index is 13.3. The quantitative estimate of drug-likeness (QED) is 0.314. The van der Waals surface area contributed by atoms with Gasteiger partial charge in [0.2, 0.25) is 0 Å². The first-order valence-corrected chi connectivity index (χ1v) is 12.5. The number of hydrogen-bond donors (Lipinski definition) is 0. The Morgan fingerprint density at radius 2 is 1.14 bits per heavy atom. The fraction of sp³-hybridized carbons (Fsp3) is 0.100. The zero-order chi connectivity index (χ0) is 21.1. The number of benzene rings is 3. The minimum atomic E-state index is -5.88. The zero-order valence-electron chi connectivity index (χ0n) is 15.2. The molecule has 0 saturated carbocycles. The molecule has 3 aromatic carbocycles. The first kappa shape index (κ1) is 21.8. The lowest BCUT2D eigenvalue weighted by atomic mass is 10.4. The lowest BCUT2D eigenvalue weighted by Crippen LogP contribution is -2.27. The predicted octanol–water partition coefficient (Wildman–Crippen LogP) is 6.47. The van der Waals surface area contributed by atoms with E-state index in [0.29, 0.717) is 14.7 Å². The van der Waals surface area contributed by atoms with E-state index in [4.69, 9.17) is 3.63 Å². The molecule has 154 valence electrons. The zero-order valence-corrected chi connectivity index (χ0v) is 17.6. The first-order chi connectivity index (χ1) is 13.7. The summed E-state index contributed by atoms with van der Waals surface area (Å²) in [5.74, 6) is 0. The summed E-state index contributed by atoms with van der Waals surface area (Å²) in [4.78, 5) is 1.93. The predicted molar refractivity (Wildman–Crippen MR) is 110 cm³/mol. The van der Waals surface area contributed by atoms with Crippen LogP contribution in [0.25, 0.3) is 0 Å². The summed E-state index contributed by atoms with van der Waals surface area (Å²) >= 11 is 1.47. The lowest BCUT2D eigenvalue weighted by Gasteiger charge is -2.39. The molecule has 3 nitrogen and oxygen atoms in total. The van der Waals surface area contributed by atoms with Crippen molar-refractivity contribution in [2.24, 2.45) is 0 Å². The summed E-state index contributed by atoms with van der Waals surface area (Å²) in [5, 5.41) is 0. The third-order valence-electron chi connectivity index (χ3n) is 4.02. The smallest absolute Gasteiger partial charge is 0.200 e. The second-order valence-corrected chi connectivity index (χ2v) is 11.1. The van der Waals surface area contributed by atoms with Crippen molar-refractivity contribution in [1.29, 1.82) is 0 Å². The maximum atomic E-state index is 13.3. The van der Waals surface area contributed by atoms with Gasteiger partial charge in [0.25, 0.3) is 0 Å². The van der Waals surface area contributed by atoms with Crippen molar-refractivity contribution in [1.82, 2.24) is 0 Å². The summed E-state index contributed by atoms with van der Waals surface area (Å²) in [5.41, 5.74) is -5.55. The molecule has 0 aliphatic carbocycles. The second kappa shape index (κ2) is 8.43. The fourth-order valence-electron chi connectivity index (χ4n) is 2.69. The minimum absolute atomic E-state index is 0.343. The van der Waals surface area contributed by atoms with Gasteiger partial charge in [0.05, 0.1) is 0 Å². The standard InChI is InChI=1S/C20H17F3O3S3/c1-27-16-12-14-19(15-13-16)28(17-8-4-2-5-9-17,18-10-6-3-7-11-18)26-29(24,25)20(21,22)23/h2-15H,1H3. The molecule has 0 aliphatic heterocycles. The van der Waals surface area contributed by atoms with Crippen LogP contribution < -0.4 is 0 Å². The molecule has 0 aromatic heterocycles. The molecule has 9 heteroatoms. The van der Waals surface area contributed by atoms with E-state index in [1.807, 2.05) is 6.26 Å². The highest BCUT2D eigenvalue weighted by Gasteiger charge is 2.52. The van der Waals surface area contributed by atoms with Crippen LogP contribution in [-0.4, -0.2) is 20.2 Å². The number of rotatable bonds is 6. The van der Waals surface area contributed by atoms with Gasteiger partial charge in [-0.05, 0) is 65.1 Å². The van der Waals surface area contributed by atoms with E-state index < -0.39 is 25.9 Å². The molecule has 0 N–H and O–H groups in total. The second-order valence-electron chi connectivity index (χ2n) is 5.83. The van der Waals surface area contributed by atoms with E-state index in [-0.39, 0.29) is 0 Å². The molecule has 0 fully saturated rings. The summed E-state index contributed by atoms with van der Waals surface area (Å²) in [6.45, 7) is 0. The first-order valence-electron chi connectivity index (χ1n) is 8.31. The van der Waals surface area contributed by atoms with Gasteiger partial charge in [-0.1, -0.05) is 36.4 Å². The van der Waals surface area contributed by atoms with Gasteiger partial charge in [-0.15, -0.1) is 11.8 Å². The minimum Gasteiger partial charge on any atom is -0.200 e. The molecule has 29 heavy (non-hydrogen) atoms. The summed E-state index contributed by atoms with van der Waals surface area (Å²) in [6.07, 6.45) is 1.87. The van der Waals surface area contributed by atoms with Crippen molar-refractivity contribution < 1.29 is 25.2 Å². The van der Waals surface area contributed by atoms with Crippen molar-refractivity contribution in [3.63, 3.8) is 0 Å². The lowest BCUT2D eigenvalue weighted by molar-refractivity contribution is -0.0496. The number of thioether (sulfide) groups is 1. The Morgan fingerprint density at radius 1 is 0.724 bits per heavy atom. The Hall–Kier alpha value is -1.94. The van der Waals surface area contributed by atoms with Crippen LogP contribution in [0.5, 0.6) is 0 Å². The average Bonchev–Trinajstić information content (AvgIpc) is 2.72. The van der Waals surface area contributed by atoms with Crippen LogP contribution in [0.3, 0.4) is 0 Å². The average molecular weight is 459 g/mol. The van der Waals surface area contributed by atoms with E-state index >= 15 is 0 Å². The highest BCUT2D eigenvalue weighted by atomic mass is 32.3. The number of halogens is 3. The molecule has 0 radical (unpaired) electrons. The summed E-state index contributed by atoms with van der Waals surface area (Å²) in [7, 11) is -9.10. The molecular formula is C20H17F3O3S3. The van der Waals surface area contributed by atoms with Gasteiger partial charge >= 0.3 is 15.6 Å². The maximum Gasteiger partial charge on any atom is 0.524 e. The van der Waals surface area contributed by atoms with Crippen LogP contribution in [0.1, 0.15) is 0 Å². The molecule has 3 rings (SSSR count). The molecule has 0 saturated heterocycles. The molecule has 0 atom stereocenters. The number of alkyl halides is 3. The highest BCUT2D eigenvalue weighted by molar-refractivity contribution is 8.33. The molecule has 0 aliphatic rings. The molecule has 0 amide bonds.